The van der Waals surface area contributed by atoms with Gasteiger partial charge in [-0.25, -0.2) is 0 Å². The number of benzene rings is 1. The van der Waals surface area contributed by atoms with Crippen LogP contribution >= 0.6 is 0 Å². The van der Waals surface area contributed by atoms with Gasteiger partial charge in [0.1, 0.15) is 6.04 Å². The van der Waals surface area contributed by atoms with Gasteiger partial charge in [-0.15, -0.1) is 0 Å². The number of aryl methyl sites for hydroxylation is 1. The summed E-state index contributed by atoms with van der Waals surface area (Å²) < 4.78 is 5.41. The molecule has 5 nitrogen and oxygen atoms in total. The number of carbonyl (C=O) groups excluding carboxylic acids is 1. The van der Waals surface area contributed by atoms with Crippen LogP contribution in [0.4, 0.5) is 0 Å². The fraction of sp³-hybridized carbons (Fsp3) is 0.632. The summed E-state index contributed by atoms with van der Waals surface area (Å²) in [5.41, 5.74) is 8.32. The summed E-state index contributed by atoms with van der Waals surface area (Å²) in [5.74, 6) is 0.608. The monoisotopic (exact) mass is 331 g/mol. The lowest BCUT2D eigenvalue weighted by Crippen LogP contribution is -2.48. The number of likely N-dealkylation sites (tertiary alicyclic amines) is 1. The van der Waals surface area contributed by atoms with E-state index in [0.29, 0.717) is 5.92 Å². The zero-order valence-electron chi connectivity index (χ0n) is 14.6. The van der Waals surface area contributed by atoms with Crippen molar-refractivity contribution < 1.29 is 9.53 Å². The number of morpholine rings is 1. The van der Waals surface area contributed by atoms with Gasteiger partial charge in [-0.1, -0.05) is 29.8 Å². The Labute approximate surface area is 144 Å². The highest BCUT2D eigenvalue weighted by atomic mass is 16.5. The quantitative estimate of drug-likeness (QED) is 0.910. The van der Waals surface area contributed by atoms with Gasteiger partial charge in [-0.2, -0.15) is 0 Å². The third-order valence-electron chi connectivity index (χ3n) is 5.15. The van der Waals surface area contributed by atoms with Crippen molar-refractivity contribution >= 4 is 5.91 Å². The Bertz CT molecular complexity index is 540. The smallest absolute Gasteiger partial charge is 0.244 e. The lowest BCUT2D eigenvalue weighted by Gasteiger charge is -2.37. The molecule has 0 bridgehead atoms. The fourth-order valence-corrected chi connectivity index (χ4v) is 3.68. The lowest BCUT2D eigenvalue weighted by atomic mass is 9.95. The summed E-state index contributed by atoms with van der Waals surface area (Å²) in [6.07, 6.45) is 2.27. The molecule has 132 valence electrons. The third-order valence-corrected chi connectivity index (χ3v) is 5.15. The average Bonchev–Trinajstić information content (AvgIpc) is 2.62. The van der Waals surface area contributed by atoms with E-state index < -0.39 is 6.04 Å². The predicted molar refractivity (Wildman–Crippen MR) is 94.7 cm³/mol. The Morgan fingerprint density at radius 2 is 1.96 bits per heavy atom. The summed E-state index contributed by atoms with van der Waals surface area (Å²) in [4.78, 5) is 17.2. The normalized spacial score (nSPS) is 23.9. The summed E-state index contributed by atoms with van der Waals surface area (Å²) in [7, 11) is 0. The Balaban J connectivity index is 1.56. The minimum absolute atomic E-state index is 0.0607. The van der Waals surface area contributed by atoms with E-state index in [9.17, 15) is 4.79 Å². The number of hydrogen-bond acceptors (Lipinski definition) is 4. The predicted octanol–water partition coefficient (Wildman–Crippen LogP) is 1.57. The number of amides is 1. The van der Waals surface area contributed by atoms with Crippen LogP contribution in [0.1, 0.15) is 30.0 Å². The molecule has 0 aliphatic carbocycles. The van der Waals surface area contributed by atoms with Crippen molar-refractivity contribution in [3.63, 3.8) is 0 Å². The second-order valence-electron chi connectivity index (χ2n) is 7.09. The number of ether oxygens (including phenoxy) is 1. The first-order valence-electron chi connectivity index (χ1n) is 9.04. The molecular formula is C19H29N3O2. The molecule has 2 unspecified atom stereocenters. The highest BCUT2D eigenvalue weighted by molar-refractivity contribution is 5.83. The Kier molecular flexibility index (Phi) is 5.87. The second kappa shape index (κ2) is 8.10. The molecule has 0 spiro atoms. The number of nitrogens with two attached hydrogens (primary N) is 1. The van der Waals surface area contributed by atoms with E-state index in [0.717, 1.165) is 57.9 Å². The van der Waals surface area contributed by atoms with Crippen LogP contribution in [-0.2, 0) is 9.53 Å². The van der Waals surface area contributed by atoms with Crippen molar-refractivity contribution in [2.75, 3.05) is 45.9 Å². The van der Waals surface area contributed by atoms with Crippen molar-refractivity contribution in [1.82, 2.24) is 9.80 Å². The number of hydrogen-bond donors (Lipinski definition) is 1. The summed E-state index contributed by atoms with van der Waals surface area (Å²) in [5, 5.41) is 0. The van der Waals surface area contributed by atoms with Crippen molar-refractivity contribution in [3.8, 4) is 0 Å². The SMILES string of the molecule is Cc1ccc(C(N)C(=O)N2CCCC(CN3CCOCC3)C2)cc1. The summed E-state index contributed by atoms with van der Waals surface area (Å²) in [6.45, 7) is 8.43. The molecular weight excluding hydrogens is 302 g/mol. The van der Waals surface area contributed by atoms with Gasteiger partial charge >= 0.3 is 0 Å². The molecule has 2 aliphatic heterocycles. The van der Waals surface area contributed by atoms with Gasteiger partial charge in [0.15, 0.2) is 0 Å². The number of carbonyl (C=O) groups is 1. The van der Waals surface area contributed by atoms with Crippen LogP contribution in [0.25, 0.3) is 0 Å². The van der Waals surface area contributed by atoms with Crippen LogP contribution < -0.4 is 5.73 Å². The van der Waals surface area contributed by atoms with E-state index in [1.165, 1.54) is 12.0 Å². The fourth-order valence-electron chi connectivity index (χ4n) is 3.68. The summed E-state index contributed by atoms with van der Waals surface area (Å²) in [6, 6.07) is 7.41. The third kappa shape index (κ3) is 4.35. The van der Waals surface area contributed by atoms with E-state index in [1.807, 2.05) is 36.1 Å². The van der Waals surface area contributed by atoms with Crippen molar-refractivity contribution in [1.29, 1.82) is 0 Å². The van der Waals surface area contributed by atoms with Crippen molar-refractivity contribution in [3.05, 3.63) is 35.4 Å². The largest absolute Gasteiger partial charge is 0.379 e. The maximum Gasteiger partial charge on any atom is 0.244 e. The first-order valence-corrected chi connectivity index (χ1v) is 9.04. The molecule has 1 aromatic rings. The second-order valence-corrected chi connectivity index (χ2v) is 7.09. The van der Waals surface area contributed by atoms with Gasteiger partial charge in [0.25, 0.3) is 0 Å². The van der Waals surface area contributed by atoms with Crippen LogP contribution in [0.15, 0.2) is 24.3 Å². The van der Waals surface area contributed by atoms with Gasteiger partial charge in [-0.05, 0) is 31.2 Å². The maximum absolute atomic E-state index is 12.8. The molecule has 2 atom stereocenters. The maximum atomic E-state index is 12.8. The molecule has 2 heterocycles. The molecule has 1 amide bonds. The Morgan fingerprint density at radius 1 is 1.25 bits per heavy atom. The first kappa shape index (κ1) is 17.4. The van der Waals surface area contributed by atoms with Crippen LogP contribution in [0.3, 0.4) is 0 Å². The Morgan fingerprint density at radius 3 is 2.67 bits per heavy atom. The molecule has 24 heavy (non-hydrogen) atoms. The highest BCUT2D eigenvalue weighted by Gasteiger charge is 2.29. The van der Waals surface area contributed by atoms with Crippen LogP contribution in [0.5, 0.6) is 0 Å². The zero-order valence-corrected chi connectivity index (χ0v) is 14.6. The highest BCUT2D eigenvalue weighted by Crippen LogP contribution is 2.22. The van der Waals surface area contributed by atoms with Gasteiger partial charge in [0, 0.05) is 32.7 Å². The molecule has 2 saturated heterocycles. The molecule has 3 rings (SSSR count). The first-order chi connectivity index (χ1) is 11.6. The zero-order chi connectivity index (χ0) is 16.9. The molecule has 1 aromatic carbocycles. The van der Waals surface area contributed by atoms with E-state index in [4.69, 9.17) is 10.5 Å². The van der Waals surface area contributed by atoms with E-state index in [2.05, 4.69) is 4.90 Å². The minimum Gasteiger partial charge on any atom is -0.379 e. The van der Waals surface area contributed by atoms with Crippen LogP contribution in [0, 0.1) is 12.8 Å². The van der Waals surface area contributed by atoms with E-state index in [-0.39, 0.29) is 5.91 Å². The molecule has 0 saturated carbocycles. The molecule has 2 aliphatic rings. The van der Waals surface area contributed by atoms with Gasteiger partial charge in [0.2, 0.25) is 5.91 Å². The van der Waals surface area contributed by atoms with Crippen LogP contribution in [0.2, 0.25) is 0 Å². The van der Waals surface area contributed by atoms with Crippen LogP contribution in [-0.4, -0.2) is 61.6 Å². The average molecular weight is 331 g/mol. The molecule has 0 radical (unpaired) electrons. The van der Waals surface area contributed by atoms with Gasteiger partial charge in [-0.3, -0.25) is 9.69 Å². The number of nitrogens with zero attached hydrogens (tertiary/aromatic N) is 2. The molecule has 5 heteroatoms. The number of piperidine rings is 1. The Hall–Kier alpha value is -1.43. The minimum atomic E-state index is -0.548. The van der Waals surface area contributed by atoms with Gasteiger partial charge < -0.3 is 15.4 Å². The molecule has 2 N–H and O–H groups in total. The lowest BCUT2D eigenvalue weighted by molar-refractivity contribution is -0.134. The summed E-state index contributed by atoms with van der Waals surface area (Å²) >= 11 is 0. The topological polar surface area (TPSA) is 58.8 Å². The van der Waals surface area contributed by atoms with Crippen molar-refractivity contribution in [2.45, 2.75) is 25.8 Å². The molecule has 2 fully saturated rings. The van der Waals surface area contributed by atoms with E-state index in [1.54, 1.807) is 0 Å². The van der Waals surface area contributed by atoms with Crippen molar-refractivity contribution in [2.24, 2.45) is 11.7 Å². The standard InChI is InChI=1S/C19H29N3O2/c1-15-4-6-17(7-5-15)18(20)19(23)22-8-2-3-16(14-22)13-21-9-11-24-12-10-21/h4-7,16,18H,2-3,8-14,20H2,1H3. The number of rotatable bonds is 4. The van der Waals surface area contributed by atoms with E-state index >= 15 is 0 Å². The van der Waals surface area contributed by atoms with Gasteiger partial charge in [0.05, 0.1) is 13.2 Å². The molecule has 0 aromatic heterocycles.